The molecule has 3 rings (SSSR count). The third-order valence-corrected chi connectivity index (χ3v) is 5.98. The Balaban J connectivity index is 1.50. The molecule has 2 aromatic carbocycles. The number of carbonyl (C=O) groups is 2. The molecule has 0 spiro atoms. The highest BCUT2D eigenvalue weighted by Crippen LogP contribution is 2.22. The zero-order chi connectivity index (χ0) is 20.1. The molecule has 1 fully saturated rings. The minimum absolute atomic E-state index is 0.0726. The van der Waals surface area contributed by atoms with Gasteiger partial charge in [0.1, 0.15) is 0 Å². The van der Waals surface area contributed by atoms with Crippen LogP contribution in [0.5, 0.6) is 0 Å². The van der Waals surface area contributed by atoms with E-state index in [0.29, 0.717) is 31.9 Å². The molecule has 0 N–H and O–H groups in total. The summed E-state index contributed by atoms with van der Waals surface area (Å²) in [5.41, 5.74) is 0.117. The van der Waals surface area contributed by atoms with E-state index in [4.69, 9.17) is 0 Å². The van der Waals surface area contributed by atoms with Crippen LogP contribution in [-0.2, 0) is 4.79 Å². The van der Waals surface area contributed by atoms with Crippen LogP contribution in [0.4, 0.5) is 8.78 Å². The van der Waals surface area contributed by atoms with Gasteiger partial charge in [0, 0.05) is 48.3 Å². The molecule has 28 heavy (non-hydrogen) atoms. The van der Waals surface area contributed by atoms with Crippen LogP contribution in [0, 0.1) is 17.6 Å². The van der Waals surface area contributed by atoms with Crippen molar-refractivity contribution < 1.29 is 18.4 Å². The third kappa shape index (κ3) is 4.90. The Morgan fingerprint density at radius 1 is 0.964 bits per heavy atom. The highest BCUT2D eigenvalue weighted by molar-refractivity contribution is 7.99. The van der Waals surface area contributed by atoms with E-state index in [-0.39, 0.29) is 23.3 Å². The van der Waals surface area contributed by atoms with Crippen LogP contribution < -0.4 is 0 Å². The standard InChI is InChI=1S/C21H22F2N2O2S/c1-15(14-28-17-5-3-2-4-6-17)20(26)24-9-11-25(12-10-24)21(27)16-7-8-18(22)19(23)13-16/h2-8,13,15H,9-12,14H2,1H3. The predicted molar refractivity (Wildman–Crippen MR) is 105 cm³/mol. The van der Waals surface area contributed by atoms with Gasteiger partial charge in [-0.05, 0) is 30.3 Å². The fraction of sp³-hybridized carbons (Fsp3) is 0.333. The SMILES string of the molecule is CC(CSc1ccccc1)C(=O)N1CCN(C(=O)c2ccc(F)c(F)c2)CC1. The quantitative estimate of drug-likeness (QED) is 0.714. The fourth-order valence-corrected chi connectivity index (χ4v) is 4.00. The molecule has 148 valence electrons. The molecule has 0 radical (unpaired) electrons. The average Bonchev–Trinajstić information content (AvgIpc) is 2.73. The van der Waals surface area contributed by atoms with Crippen molar-refractivity contribution in [3.63, 3.8) is 0 Å². The van der Waals surface area contributed by atoms with Crippen LogP contribution in [0.1, 0.15) is 17.3 Å². The minimum Gasteiger partial charge on any atom is -0.339 e. The first-order valence-corrected chi connectivity index (χ1v) is 10.1. The highest BCUT2D eigenvalue weighted by Gasteiger charge is 2.27. The fourth-order valence-electron chi connectivity index (χ4n) is 3.06. The number of benzene rings is 2. The summed E-state index contributed by atoms with van der Waals surface area (Å²) < 4.78 is 26.4. The molecule has 0 aromatic heterocycles. The van der Waals surface area contributed by atoms with E-state index < -0.39 is 11.6 Å². The number of rotatable bonds is 5. The second kappa shape index (κ2) is 9.19. The van der Waals surface area contributed by atoms with Gasteiger partial charge in [0.15, 0.2) is 11.6 Å². The first-order chi connectivity index (χ1) is 13.5. The van der Waals surface area contributed by atoms with Crippen molar-refractivity contribution in [2.75, 3.05) is 31.9 Å². The van der Waals surface area contributed by atoms with Gasteiger partial charge in [0.05, 0.1) is 0 Å². The van der Waals surface area contributed by atoms with E-state index in [9.17, 15) is 18.4 Å². The number of hydrogen-bond donors (Lipinski definition) is 0. The summed E-state index contributed by atoms with van der Waals surface area (Å²) in [5, 5.41) is 0. The molecule has 7 heteroatoms. The molecule has 2 aromatic rings. The number of hydrogen-bond acceptors (Lipinski definition) is 3. The summed E-state index contributed by atoms with van der Waals surface area (Å²) >= 11 is 1.65. The van der Waals surface area contributed by atoms with Crippen LogP contribution in [0.15, 0.2) is 53.4 Å². The summed E-state index contributed by atoms with van der Waals surface area (Å²) in [6, 6.07) is 13.1. The maximum atomic E-state index is 13.4. The van der Waals surface area contributed by atoms with Gasteiger partial charge in [-0.1, -0.05) is 25.1 Å². The van der Waals surface area contributed by atoms with Crippen LogP contribution in [0.3, 0.4) is 0 Å². The third-order valence-electron chi connectivity index (χ3n) is 4.71. The number of piperazine rings is 1. The molecule has 1 heterocycles. The zero-order valence-corrected chi connectivity index (χ0v) is 16.4. The lowest BCUT2D eigenvalue weighted by atomic mass is 10.1. The van der Waals surface area contributed by atoms with Crippen molar-refractivity contribution in [2.24, 2.45) is 5.92 Å². The van der Waals surface area contributed by atoms with Gasteiger partial charge in [0.25, 0.3) is 5.91 Å². The Morgan fingerprint density at radius 3 is 2.25 bits per heavy atom. The molecular weight excluding hydrogens is 382 g/mol. The molecule has 0 saturated carbocycles. The van der Waals surface area contributed by atoms with E-state index in [0.717, 1.165) is 17.0 Å². The molecule has 0 bridgehead atoms. The topological polar surface area (TPSA) is 40.6 Å². The molecule has 1 atom stereocenters. The molecule has 1 aliphatic rings. The Kier molecular flexibility index (Phi) is 6.67. The van der Waals surface area contributed by atoms with Crippen molar-refractivity contribution >= 4 is 23.6 Å². The minimum atomic E-state index is -1.04. The van der Waals surface area contributed by atoms with E-state index in [1.54, 1.807) is 21.6 Å². The second-order valence-corrected chi connectivity index (χ2v) is 7.86. The number of halogens is 2. The smallest absolute Gasteiger partial charge is 0.254 e. The normalized spacial score (nSPS) is 15.4. The van der Waals surface area contributed by atoms with E-state index >= 15 is 0 Å². The van der Waals surface area contributed by atoms with Gasteiger partial charge in [-0.3, -0.25) is 9.59 Å². The van der Waals surface area contributed by atoms with E-state index in [1.807, 2.05) is 37.3 Å². The lowest BCUT2D eigenvalue weighted by Crippen LogP contribution is -2.52. The van der Waals surface area contributed by atoms with Crippen molar-refractivity contribution in [1.29, 1.82) is 0 Å². The highest BCUT2D eigenvalue weighted by atomic mass is 32.2. The average molecular weight is 404 g/mol. The molecule has 2 amide bonds. The number of amides is 2. The van der Waals surface area contributed by atoms with Gasteiger partial charge in [-0.2, -0.15) is 0 Å². The van der Waals surface area contributed by atoms with Gasteiger partial charge in [-0.25, -0.2) is 8.78 Å². The largest absolute Gasteiger partial charge is 0.339 e. The van der Waals surface area contributed by atoms with Crippen molar-refractivity contribution in [3.8, 4) is 0 Å². The summed E-state index contributed by atoms with van der Waals surface area (Å²) in [7, 11) is 0. The second-order valence-electron chi connectivity index (χ2n) is 6.77. The number of thioether (sulfide) groups is 1. The van der Waals surface area contributed by atoms with Gasteiger partial charge in [0.2, 0.25) is 5.91 Å². The Hall–Kier alpha value is -2.41. The molecule has 1 unspecified atom stereocenters. The van der Waals surface area contributed by atoms with Crippen LogP contribution >= 0.6 is 11.8 Å². The predicted octanol–water partition coefficient (Wildman–Crippen LogP) is 3.68. The maximum Gasteiger partial charge on any atom is 0.254 e. The summed E-state index contributed by atoms with van der Waals surface area (Å²) in [6.07, 6.45) is 0. The number of carbonyl (C=O) groups excluding carboxylic acids is 2. The van der Waals surface area contributed by atoms with Crippen LogP contribution in [0.25, 0.3) is 0 Å². The molecule has 1 aliphatic heterocycles. The maximum absolute atomic E-state index is 13.4. The first kappa shape index (κ1) is 20.3. The van der Waals surface area contributed by atoms with Gasteiger partial charge >= 0.3 is 0 Å². The summed E-state index contributed by atoms with van der Waals surface area (Å²) in [5.74, 6) is -1.73. The Labute approximate surface area is 167 Å². The Morgan fingerprint density at radius 2 is 1.61 bits per heavy atom. The van der Waals surface area contributed by atoms with Gasteiger partial charge < -0.3 is 9.80 Å². The lowest BCUT2D eigenvalue weighted by Gasteiger charge is -2.36. The Bertz CT molecular complexity index is 840. The van der Waals surface area contributed by atoms with E-state index in [2.05, 4.69) is 0 Å². The molecule has 1 saturated heterocycles. The van der Waals surface area contributed by atoms with Crippen molar-refractivity contribution in [2.45, 2.75) is 11.8 Å². The van der Waals surface area contributed by atoms with Gasteiger partial charge in [-0.15, -0.1) is 11.8 Å². The lowest BCUT2D eigenvalue weighted by molar-refractivity contribution is -0.135. The summed E-state index contributed by atoms with van der Waals surface area (Å²) in [6.45, 7) is 3.55. The van der Waals surface area contributed by atoms with Crippen LogP contribution in [0.2, 0.25) is 0 Å². The van der Waals surface area contributed by atoms with E-state index in [1.165, 1.54) is 6.07 Å². The number of nitrogens with zero attached hydrogens (tertiary/aromatic N) is 2. The zero-order valence-electron chi connectivity index (χ0n) is 15.6. The summed E-state index contributed by atoms with van der Waals surface area (Å²) in [4.78, 5) is 29.6. The monoisotopic (exact) mass is 404 g/mol. The molecule has 0 aliphatic carbocycles. The van der Waals surface area contributed by atoms with Crippen molar-refractivity contribution in [1.82, 2.24) is 9.80 Å². The first-order valence-electron chi connectivity index (χ1n) is 9.16. The molecule has 4 nitrogen and oxygen atoms in total. The van der Waals surface area contributed by atoms with Crippen LogP contribution in [-0.4, -0.2) is 53.5 Å². The molecular formula is C21H22F2N2O2S. The van der Waals surface area contributed by atoms with Crippen molar-refractivity contribution in [3.05, 3.63) is 65.7 Å².